The van der Waals surface area contributed by atoms with Gasteiger partial charge in [-0.05, 0) is 60.7 Å². The lowest BCUT2D eigenvalue weighted by Gasteiger charge is -2.12. The molecule has 0 atom stereocenters. The van der Waals surface area contributed by atoms with Crippen molar-refractivity contribution in [1.29, 1.82) is 0 Å². The summed E-state index contributed by atoms with van der Waals surface area (Å²) in [5.41, 5.74) is 11.3. The molecule has 12 aromatic rings. The molecule has 0 radical (unpaired) electrons. The van der Waals surface area contributed by atoms with Gasteiger partial charge in [-0.15, -0.1) is 0 Å². The number of fused-ring (bicyclic) bond motifs is 7. The van der Waals surface area contributed by atoms with E-state index in [1.165, 1.54) is 10.8 Å². The molecule has 7 nitrogen and oxygen atoms in total. The zero-order valence-corrected chi connectivity index (χ0v) is 31.6. The largest absolute Gasteiger partial charge is 0.455 e. The normalized spacial score (nSPS) is 11.7. The quantitative estimate of drug-likeness (QED) is 0.169. The summed E-state index contributed by atoms with van der Waals surface area (Å²) in [5, 5.41) is 4.31. The molecule has 4 aromatic heterocycles. The Morgan fingerprint density at radius 2 is 0.932 bits per heavy atom. The van der Waals surface area contributed by atoms with Crippen molar-refractivity contribution in [2.75, 3.05) is 0 Å². The van der Waals surface area contributed by atoms with Gasteiger partial charge in [0.2, 0.25) is 0 Å². The summed E-state index contributed by atoms with van der Waals surface area (Å²) in [4.78, 5) is 20.7. The van der Waals surface area contributed by atoms with Crippen LogP contribution in [0.15, 0.2) is 199 Å². The first-order valence-corrected chi connectivity index (χ1v) is 19.7. The Balaban J connectivity index is 1.06. The first-order chi connectivity index (χ1) is 29.3. The van der Waals surface area contributed by atoms with E-state index in [4.69, 9.17) is 24.4 Å². The van der Waals surface area contributed by atoms with Gasteiger partial charge in [0.1, 0.15) is 17.0 Å². The minimum atomic E-state index is 0.561. The maximum absolute atomic E-state index is 6.82. The monoisotopic (exact) mass is 756 g/mol. The van der Waals surface area contributed by atoms with Gasteiger partial charge in [0.25, 0.3) is 0 Å². The predicted octanol–water partition coefficient (Wildman–Crippen LogP) is 12.9. The molecule has 0 fully saturated rings. The fraction of sp³-hybridized carbons (Fsp3) is 0. The van der Waals surface area contributed by atoms with Crippen LogP contribution in [0.25, 0.3) is 112 Å². The summed E-state index contributed by atoms with van der Waals surface area (Å²) in [6.07, 6.45) is 0. The molecular weight excluding hydrogens is 725 g/mol. The van der Waals surface area contributed by atoms with Crippen LogP contribution >= 0.6 is 0 Å². The molecular formula is C52H32N6O. The summed E-state index contributed by atoms with van der Waals surface area (Å²) >= 11 is 0. The molecule has 0 amide bonds. The van der Waals surface area contributed by atoms with Gasteiger partial charge < -0.3 is 8.98 Å². The lowest BCUT2D eigenvalue weighted by atomic mass is 10.0. The maximum atomic E-state index is 6.82. The minimum absolute atomic E-state index is 0.561. The van der Waals surface area contributed by atoms with Gasteiger partial charge >= 0.3 is 0 Å². The molecule has 12 rings (SSSR count). The summed E-state index contributed by atoms with van der Waals surface area (Å²) in [7, 11) is 0. The fourth-order valence-corrected chi connectivity index (χ4v) is 8.58. The van der Waals surface area contributed by atoms with Crippen molar-refractivity contribution in [3.8, 4) is 56.9 Å². The van der Waals surface area contributed by atoms with Crippen LogP contribution in [0, 0.1) is 0 Å². The molecule has 4 heterocycles. The number of nitrogens with zero attached hydrogens (tertiary/aromatic N) is 6. The lowest BCUT2D eigenvalue weighted by Crippen LogP contribution is -2.01. The van der Waals surface area contributed by atoms with Crippen molar-refractivity contribution >= 4 is 54.8 Å². The Labute approximate surface area is 338 Å². The highest BCUT2D eigenvalue weighted by atomic mass is 16.3. The van der Waals surface area contributed by atoms with E-state index in [-0.39, 0.29) is 0 Å². The summed E-state index contributed by atoms with van der Waals surface area (Å²) in [5.74, 6) is 2.54. The lowest BCUT2D eigenvalue weighted by molar-refractivity contribution is 0.669. The summed E-state index contributed by atoms with van der Waals surface area (Å²) in [6.45, 7) is 0. The van der Waals surface area contributed by atoms with Crippen LogP contribution in [0.1, 0.15) is 0 Å². The standard InChI is InChI=1S/C52H32N6O/c1-3-16-33(17-4-1)49-54-50(34-18-13-21-36(32-34)57-43-28-10-7-22-37(43)38-23-8-11-29-44(38)57)56-51(55-49)40-25-15-31-46-47(40)39-24-14-26-41(48(39)59-46)52-53-42-27-9-12-30-45(42)58(52)35-19-5-2-6-20-35/h1-32H. The van der Waals surface area contributed by atoms with E-state index in [0.717, 1.165) is 83.5 Å². The minimum Gasteiger partial charge on any atom is -0.455 e. The molecule has 0 aliphatic carbocycles. The van der Waals surface area contributed by atoms with Crippen molar-refractivity contribution in [2.45, 2.75) is 0 Å². The molecule has 0 unspecified atom stereocenters. The SMILES string of the molecule is c1ccc(-c2nc(-c3cccc(-n4c5ccccc5c5ccccc54)c3)nc(-c3cccc4oc5c(-c6nc7ccccc7n6-c6ccccc6)cccc5c34)n2)cc1. The van der Waals surface area contributed by atoms with Gasteiger partial charge in [0.05, 0.1) is 27.6 Å². The molecule has 0 aliphatic heterocycles. The Bertz CT molecular complexity index is 3510. The number of para-hydroxylation sites is 6. The van der Waals surface area contributed by atoms with Crippen molar-refractivity contribution < 1.29 is 4.42 Å². The highest BCUT2D eigenvalue weighted by molar-refractivity contribution is 6.15. The van der Waals surface area contributed by atoms with E-state index in [1.54, 1.807) is 0 Å². The molecule has 0 spiro atoms. The molecule has 0 bridgehead atoms. The molecule has 8 aromatic carbocycles. The van der Waals surface area contributed by atoms with Crippen molar-refractivity contribution in [3.63, 3.8) is 0 Å². The molecule has 7 heteroatoms. The second-order valence-corrected chi connectivity index (χ2v) is 14.7. The van der Waals surface area contributed by atoms with E-state index >= 15 is 0 Å². The molecule has 276 valence electrons. The molecule has 0 aliphatic rings. The van der Waals surface area contributed by atoms with Gasteiger partial charge in [-0.25, -0.2) is 19.9 Å². The predicted molar refractivity (Wildman–Crippen MR) is 238 cm³/mol. The van der Waals surface area contributed by atoms with E-state index in [9.17, 15) is 0 Å². The number of hydrogen-bond acceptors (Lipinski definition) is 5. The Kier molecular flexibility index (Phi) is 7.40. The fourth-order valence-electron chi connectivity index (χ4n) is 8.58. The van der Waals surface area contributed by atoms with Gasteiger partial charge in [-0.3, -0.25) is 4.57 Å². The number of furan rings is 1. The zero-order chi connectivity index (χ0) is 38.9. The highest BCUT2D eigenvalue weighted by Gasteiger charge is 2.23. The van der Waals surface area contributed by atoms with Gasteiger partial charge in [-0.1, -0.05) is 133 Å². The Morgan fingerprint density at radius 1 is 0.373 bits per heavy atom. The van der Waals surface area contributed by atoms with Crippen LogP contribution in [0.3, 0.4) is 0 Å². The van der Waals surface area contributed by atoms with Crippen LogP contribution in [0.2, 0.25) is 0 Å². The number of aromatic nitrogens is 6. The molecule has 59 heavy (non-hydrogen) atoms. The van der Waals surface area contributed by atoms with Gasteiger partial charge in [0.15, 0.2) is 17.5 Å². The van der Waals surface area contributed by atoms with Gasteiger partial charge in [-0.2, -0.15) is 0 Å². The van der Waals surface area contributed by atoms with Crippen LogP contribution in [0.4, 0.5) is 0 Å². The third kappa shape index (κ3) is 5.29. The second-order valence-electron chi connectivity index (χ2n) is 14.7. The van der Waals surface area contributed by atoms with Crippen LogP contribution in [-0.4, -0.2) is 29.1 Å². The van der Waals surface area contributed by atoms with E-state index in [2.05, 4.69) is 149 Å². The Hall–Kier alpha value is -8.16. The van der Waals surface area contributed by atoms with Crippen molar-refractivity contribution in [1.82, 2.24) is 29.1 Å². The third-order valence-corrected chi connectivity index (χ3v) is 11.2. The van der Waals surface area contributed by atoms with Crippen LogP contribution in [0.5, 0.6) is 0 Å². The smallest absolute Gasteiger partial charge is 0.164 e. The number of imidazole rings is 1. The average Bonchev–Trinajstić information content (AvgIpc) is 4.00. The molecule has 0 N–H and O–H groups in total. The summed E-state index contributed by atoms with van der Waals surface area (Å²) in [6, 6.07) is 66.6. The first-order valence-electron chi connectivity index (χ1n) is 19.7. The Morgan fingerprint density at radius 3 is 1.71 bits per heavy atom. The van der Waals surface area contributed by atoms with Crippen molar-refractivity contribution in [3.05, 3.63) is 194 Å². The molecule has 0 saturated heterocycles. The van der Waals surface area contributed by atoms with Crippen LogP contribution in [-0.2, 0) is 0 Å². The second kappa shape index (κ2) is 13.2. The third-order valence-electron chi connectivity index (χ3n) is 11.2. The van der Waals surface area contributed by atoms with Gasteiger partial charge in [0, 0.05) is 49.6 Å². The average molecular weight is 757 g/mol. The maximum Gasteiger partial charge on any atom is 0.164 e. The van der Waals surface area contributed by atoms with Crippen molar-refractivity contribution in [2.24, 2.45) is 0 Å². The van der Waals surface area contributed by atoms with E-state index < -0.39 is 0 Å². The topological polar surface area (TPSA) is 74.6 Å². The number of benzene rings is 8. The van der Waals surface area contributed by atoms with Crippen LogP contribution < -0.4 is 0 Å². The molecule has 0 saturated carbocycles. The summed E-state index contributed by atoms with van der Waals surface area (Å²) < 4.78 is 11.3. The number of rotatable bonds is 6. The zero-order valence-electron chi connectivity index (χ0n) is 31.6. The van der Waals surface area contributed by atoms with E-state index in [0.29, 0.717) is 17.5 Å². The highest BCUT2D eigenvalue weighted by Crippen LogP contribution is 2.42. The van der Waals surface area contributed by atoms with E-state index in [1.807, 2.05) is 54.6 Å². The number of hydrogen-bond donors (Lipinski definition) is 0. The first kappa shape index (κ1) is 33.0.